The van der Waals surface area contributed by atoms with E-state index in [1.54, 1.807) is 0 Å². The molecule has 7 heteroatoms. The summed E-state index contributed by atoms with van der Waals surface area (Å²) in [6, 6.07) is 6.22. The van der Waals surface area contributed by atoms with Gasteiger partial charge in [0.15, 0.2) is 0 Å². The number of aromatic nitrogens is 1. The van der Waals surface area contributed by atoms with E-state index in [0.29, 0.717) is 13.2 Å². The molecule has 1 aromatic heterocycles. The number of amides is 1. The van der Waals surface area contributed by atoms with Crippen LogP contribution in [0.3, 0.4) is 0 Å². The molecule has 2 aromatic rings. The van der Waals surface area contributed by atoms with E-state index in [0.717, 1.165) is 18.6 Å². The highest BCUT2D eigenvalue weighted by Gasteiger charge is 2.19. The molecular formula is C16H14F2N2O3. The normalized spacial score (nSPS) is 17.0. The minimum Gasteiger partial charge on any atom is -0.472 e. The quantitative estimate of drug-likeness (QED) is 0.941. The Labute approximate surface area is 131 Å². The summed E-state index contributed by atoms with van der Waals surface area (Å²) >= 11 is 0. The number of nitrogens with one attached hydrogen (secondary N) is 1. The van der Waals surface area contributed by atoms with Crippen molar-refractivity contribution in [2.75, 3.05) is 18.5 Å². The second-order valence-electron chi connectivity index (χ2n) is 5.04. The summed E-state index contributed by atoms with van der Waals surface area (Å²) in [5, 5.41) is 2.22. The first kappa shape index (κ1) is 15.4. The minimum atomic E-state index is -0.841. The number of nitrogens with zero attached hydrogens (tertiary/aromatic N) is 1. The lowest BCUT2D eigenvalue weighted by molar-refractivity contribution is 0.102. The Hall–Kier alpha value is -2.54. The number of carbonyl (C=O) groups is 1. The average molecular weight is 320 g/mol. The van der Waals surface area contributed by atoms with Crippen LogP contribution in [0.4, 0.5) is 14.5 Å². The Morgan fingerprint density at radius 1 is 1.30 bits per heavy atom. The fourth-order valence-electron chi connectivity index (χ4n) is 2.19. The van der Waals surface area contributed by atoms with Crippen molar-refractivity contribution in [1.82, 2.24) is 4.98 Å². The van der Waals surface area contributed by atoms with Crippen molar-refractivity contribution in [2.24, 2.45) is 0 Å². The first-order valence-corrected chi connectivity index (χ1v) is 7.09. The number of anilines is 1. The van der Waals surface area contributed by atoms with Crippen LogP contribution in [0.2, 0.25) is 0 Å². The highest BCUT2D eigenvalue weighted by atomic mass is 19.1. The maximum absolute atomic E-state index is 13.6. The average Bonchev–Trinajstić information content (AvgIpc) is 3.04. The van der Waals surface area contributed by atoms with Crippen LogP contribution < -0.4 is 10.1 Å². The lowest BCUT2D eigenvalue weighted by Gasteiger charge is -2.12. The summed E-state index contributed by atoms with van der Waals surface area (Å²) in [6.45, 7) is 1.09. The van der Waals surface area contributed by atoms with Gasteiger partial charge in [-0.1, -0.05) is 6.07 Å². The molecule has 0 spiro atoms. The van der Waals surface area contributed by atoms with Gasteiger partial charge < -0.3 is 14.8 Å². The molecule has 0 saturated carbocycles. The second-order valence-corrected chi connectivity index (χ2v) is 5.04. The monoisotopic (exact) mass is 320 g/mol. The molecule has 1 unspecified atom stereocenters. The molecule has 1 aliphatic heterocycles. The second kappa shape index (κ2) is 6.70. The maximum Gasteiger partial charge on any atom is 0.256 e. The topological polar surface area (TPSA) is 60.5 Å². The van der Waals surface area contributed by atoms with Gasteiger partial charge in [0.1, 0.15) is 23.4 Å². The Kier molecular flexibility index (Phi) is 4.47. The van der Waals surface area contributed by atoms with Gasteiger partial charge in [0, 0.05) is 24.2 Å². The molecule has 1 amide bonds. The van der Waals surface area contributed by atoms with Crippen LogP contribution in [0.1, 0.15) is 16.8 Å². The largest absolute Gasteiger partial charge is 0.472 e. The van der Waals surface area contributed by atoms with Gasteiger partial charge in [-0.25, -0.2) is 13.8 Å². The van der Waals surface area contributed by atoms with E-state index in [1.807, 2.05) is 0 Å². The van der Waals surface area contributed by atoms with Crippen LogP contribution in [-0.4, -0.2) is 30.2 Å². The predicted octanol–water partition coefficient (Wildman–Crippen LogP) is 2.78. The van der Waals surface area contributed by atoms with Gasteiger partial charge >= 0.3 is 0 Å². The zero-order valence-corrected chi connectivity index (χ0v) is 12.1. The maximum atomic E-state index is 13.6. The molecule has 120 valence electrons. The smallest absolute Gasteiger partial charge is 0.256 e. The Morgan fingerprint density at radius 2 is 2.09 bits per heavy atom. The number of hydrogen-bond donors (Lipinski definition) is 1. The highest BCUT2D eigenvalue weighted by Crippen LogP contribution is 2.20. The van der Waals surface area contributed by atoms with E-state index in [-0.39, 0.29) is 17.5 Å². The summed E-state index contributed by atoms with van der Waals surface area (Å²) in [4.78, 5) is 16.2. The fourth-order valence-corrected chi connectivity index (χ4v) is 2.19. The van der Waals surface area contributed by atoms with E-state index < -0.39 is 23.2 Å². The number of halogens is 2. The lowest BCUT2D eigenvalue weighted by Crippen LogP contribution is -2.18. The van der Waals surface area contributed by atoms with Crippen molar-refractivity contribution in [3.8, 4) is 5.88 Å². The number of para-hydroxylation sites is 1. The van der Waals surface area contributed by atoms with Gasteiger partial charge in [0.2, 0.25) is 5.88 Å². The molecule has 1 aliphatic rings. The van der Waals surface area contributed by atoms with Gasteiger partial charge in [-0.15, -0.1) is 0 Å². The Morgan fingerprint density at radius 3 is 2.78 bits per heavy atom. The molecule has 23 heavy (non-hydrogen) atoms. The number of carbonyl (C=O) groups excluding carboxylic acids is 1. The third-order valence-electron chi connectivity index (χ3n) is 3.37. The van der Waals surface area contributed by atoms with Crippen LogP contribution in [-0.2, 0) is 4.74 Å². The Balaban J connectivity index is 1.74. The van der Waals surface area contributed by atoms with Crippen LogP contribution in [0.25, 0.3) is 0 Å². The highest BCUT2D eigenvalue weighted by molar-refractivity contribution is 6.04. The molecule has 3 rings (SSSR count). The van der Waals surface area contributed by atoms with Gasteiger partial charge in [-0.05, 0) is 18.2 Å². The van der Waals surface area contributed by atoms with Crippen molar-refractivity contribution in [3.05, 3.63) is 53.7 Å². The molecule has 0 aliphatic carbocycles. The standard InChI is InChI=1S/C16H14F2N2O3/c17-12-2-1-3-13(18)15(12)20-16(21)10-4-6-19-14(8-10)23-11-5-7-22-9-11/h1-4,6,8,11H,5,7,9H2,(H,20,21). The fraction of sp³-hybridized carbons (Fsp3) is 0.250. The molecule has 0 radical (unpaired) electrons. The molecule has 5 nitrogen and oxygen atoms in total. The third kappa shape index (κ3) is 3.62. The molecule has 1 fully saturated rings. The van der Waals surface area contributed by atoms with Crippen molar-refractivity contribution in [1.29, 1.82) is 0 Å². The van der Waals surface area contributed by atoms with Crippen LogP contribution in [0, 0.1) is 11.6 Å². The number of pyridine rings is 1. The summed E-state index contributed by atoms with van der Waals surface area (Å²) in [5.41, 5.74) is -0.294. The van der Waals surface area contributed by atoms with Gasteiger partial charge in [0.25, 0.3) is 5.91 Å². The van der Waals surface area contributed by atoms with Crippen molar-refractivity contribution in [3.63, 3.8) is 0 Å². The molecule has 1 aromatic carbocycles. The number of ether oxygens (including phenoxy) is 2. The van der Waals surface area contributed by atoms with E-state index >= 15 is 0 Å². The zero-order chi connectivity index (χ0) is 16.2. The zero-order valence-electron chi connectivity index (χ0n) is 12.1. The number of rotatable bonds is 4. The van der Waals surface area contributed by atoms with E-state index in [9.17, 15) is 13.6 Å². The number of benzene rings is 1. The minimum absolute atomic E-state index is 0.107. The Bertz CT molecular complexity index is 698. The number of hydrogen-bond acceptors (Lipinski definition) is 4. The van der Waals surface area contributed by atoms with E-state index in [4.69, 9.17) is 9.47 Å². The summed E-state index contributed by atoms with van der Waals surface area (Å²) < 4.78 is 37.9. The third-order valence-corrected chi connectivity index (χ3v) is 3.37. The van der Waals surface area contributed by atoms with Crippen LogP contribution in [0.5, 0.6) is 5.88 Å². The van der Waals surface area contributed by atoms with E-state index in [2.05, 4.69) is 10.3 Å². The summed E-state index contributed by atoms with van der Waals surface area (Å²) in [7, 11) is 0. The van der Waals surface area contributed by atoms with E-state index in [1.165, 1.54) is 24.4 Å². The molecular weight excluding hydrogens is 306 g/mol. The first-order valence-electron chi connectivity index (χ1n) is 7.09. The first-order chi connectivity index (χ1) is 11.1. The predicted molar refractivity (Wildman–Crippen MR) is 78.4 cm³/mol. The SMILES string of the molecule is O=C(Nc1c(F)cccc1F)c1ccnc(OC2CCOC2)c1. The summed E-state index contributed by atoms with van der Waals surface area (Å²) in [6.07, 6.45) is 2.04. The molecule has 1 atom stereocenters. The van der Waals surface area contributed by atoms with Crippen molar-refractivity contribution < 1.29 is 23.0 Å². The molecule has 0 bridgehead atoms. The van der Waals surface area contributed by atoms with Crippen molar-refractivity contribution >= 4 is 11.6 Å². The molecule has 1 N–H and O–H groups in total. The van der Waals surface area contributed by atoms with Crippen LogP contribution >= 0.6 is 0 Å². The lowest BCUT2D eigenvalue weighted by atomic mass is 10.2. The van der Waals surface area contributed by atoms with Gasteiger partial charge in [-0.2, -0.15) is 0 Å². The van der Waals surface area contributed by atoms with Gasteiger partial charge in [0.05, 0.1) is 13.2 Å². The van der Waals surface area contributed by atoms with Gasteiger partial charge in [-0.3, -0.25) is 4.79 Å². The summed E-state index contributed by atoms with van der Waals surface area (Å²) in [5.74, 6) is -2.06. The van der Waals surface area contributed by atoms with Crippen molar-refractivity contribution in [2.45, 2.75) is 12.5 Å². The van der Waals surface area contributed by atoms with Crippen LogP contribution in [0.15, 0.2) is 36.5 Å². The molecule has 1 saturated heterocycles. The molecule has 2 heterocycles.